The van der Waals surface area contributed by atoms with E-state index in [1.807, 2.05) is 18.2 Å². The van der Waals surface area contributed by atoms with Crippen LogP contribution in [0.15, 0.2) is 29.3 Å². The average molecular weight is 352 g/mol. The molecule has 1 N–H and O–H groups in total. The minimum atomic E-state index is -0.115. The Bertz CT molecular complexity index is 553. The van der Waals surface area contributed by atoms with E-state index in [0.717, 1.165) is 49.3 Å². The zero-order valence-corrected chi connectivity index (χ0v) is 16.1. The van der Waals surface area contributed by atoms with E-state index in [4.69, 9.17) is 21.3 Å². The van der Waals surface area contributed by atoms with Crippen molar-refractivity contribution < 1.29 is 4.74 Å². The Balaban J connectivity index is 2.07. The van der Waals surface area contributed by atoms with E-state index >= 15 is 0 Å². The molecule has 1 atom stereocenters. The Hall–Kier alpha value is -1.26. The highest BCUT2D eigenvalue weighted by Crippen LogP contribution is 2.30. The minimum absolute atomic E-state index is 0.115. The van der Waals surface area contributed by atoms with Crippen molar-refractivity contribution in [2.75, 3.05) is 39.9 Å². The van der Waals surface area contributed by atoms with Gasteiger partial charge < -0.3 is 15.0 Å². The molecular weight excluding hydrogens is 322 g/mol. The van der Waals surface area contributed by atoms with E-state index < -0.39 is 0 Å². The van der Waals surface area contributed by atoms with Crippen molar-refractivity contribution >= 4 is 17.6 Å². The van der Waals surface area contributed by atoms with Crippen molar-refractivity contribution in [2.24, 2.45) is 10.9 Å². The first-order valence-corrected chi connectivity index (χ1v) is 9.14. The third-order valence-electron chi connectivity index (χ3n) is 4.48. The molecule has 134 valence electrons. The first kappa shape index (κ1) is 19.1. The highest BCUT2D eigenvalue weighted by atomic mass is 35.5. The van der Waals surface area contributed by atoms with E-state index in [2.05, 4.69) is 44.1 Å². The Morgan fingerprint density at radius 2 is 2.17 bits per heavy atom. The van der Waals surface area contributed by atoms with Gasteiger partial charge in [0.1, 0.15) is 0 Å². The van der Waals surface area contributed by atoms with Crippen LogP contribution < -0.4 is 5.32 Å². The molecule has 1 saturated heterocycles. The van der Waals surface area contributed by atoms with Gasteiger partial charge in [-0.3, -0.25) is 4.99 Å². The van der Waals surface area contributed by atoms with Crippen molar-refractivity contribution in [1.29, 1.82) is 0 Å². The summed E-state index contributed by atoms with van der Waals surface area (Å²) in [5.74, 6) is 1.54. The van der Waals surface area contributed by atoms with E-state index in [1.165, 1.54) is 0 Å². The zero-order chi connectivity index (χ0) is 17.6. The average Bonchev–Trinajstić information content (AvgIpc) is 3.04. The molecule has 0 amide bonds. The predicted molar refractivity (Wildman–Crippen MR) is 102 cm³/mol. The molecule has 1 unspecified atom stereocenters. The lowest BCUT2D eigenvalue weighted by atomic mass is 9.85. The summed E-state index contributed by atoms with van der Waals surface area (Å²) < 4.78 is 5.48. The summed E-state index contributed by atoms with van der Waals surface area (Å²) in [6.07, 6.45) is 1.13. The van der Waals surface area contributed by atoms with Gasteiger partial charge in [-0.25, -0.2) is 0 Å². The van der Waals surface area contributed by atoms with Gasteiger partial charge in [0.05, 0.1) is 13.2 Å². The first-order valence-electron chi connectivity index (χ1n) is 8.76. The third kappa shape index (κ3) is 5.12. The topological polar surface area (TPSA) is 36.9 Å². The Kier molecular flexibility index (Phi) is 6.93. The lowest BCUT2D eigenvalue weighted by molar-refractivity contribution is 0.181. The Morgan fingerprint density at radius 3 is 2.79 bits per heavy atom. The maximum Gasteiger partial charge on any atom is 0.193 e. The molecule has 1 aliphatic rings. The number of aliphatic imine (C=N–C) groups is 1. The van der Waals surface area contributed by atoms with Gasteiger partial charge in [-0.1, -0.05) is 43.6 Å². The molecular formula is C19H30ClN3O. The van der Waals surface area contributed by atoms with Crippen LogP contribution in [0.3, 0.4) is 0 Å². The van der Waals surface area contributed by atoms with Crippen molar-refractivity contribution in [2.45, 2.75) is 32.6 Å². The maximum atomic E-state index is 6.37. The highest BCUT2D eigenvalue weighted by Gasteiger charge is 2.24. The summed E-state index contributed by atoms with van der Waals surface area (Å²) in [6.45, 7) is 10.7. The maximum absolute atomic E-state index is 6.37. The largest absolute Gasteiger partial charge is 0.381 e. The number of halogens is 1. The van der Waals surface area contributed by atoms with Crippen LogP contribution in [0.25, 0.3) is 0 Å². The van der Waals surface area contributed by atoms with Crippen LogP contribution in [-0.4, -0.2) is 50.8 Å². The van der Waals surface area contributed by atoms with E-state index in [0.29, 0.717) is 12.5 Å². The van der Waals surface area contributed by atoms with Crippen LogP contribution in [0.1, 0.15) is 32.8 Å². The molecule has 0 spiro atoms. The van der Waals surface area contributed by atoms with Crippen LogP contribution >= 0.6 is 11.6 Å². The Labute approximate surface area is 151 Å². The molecule has 1 aromatic carbocycles. The van der Waals surface area contributed by atoms with Gasteiger partial charge in [0.2, 0.25) is 0 Å². The fourth-order valence-corrected chi connectivity index (χ4v) is 3.43. The summed E-state index contributed by atoms with van der Waals surface area (Å²) in [6, 6.07) is 8.03. The number of hydrogen-bond acceptors (Lipinski definition) is 2. The summed E-state index contributed by atoms with van der Waals surface area (Å²) in [5, 5.41) is 4.20. The SMILES string of the molecule is CCNC(=NCC(C)(C)c1ccccc1Cl)N(C)CC1CCOC1. The van der Waals surface area contributed by atoms with Crippen LogP contribution in [0.4, 0.5) is 0 Å². The first-order chi connectivity index (χ1) is 11.4. The second-order valence-corrected chi connectivity index (χ2v) is 7.55. The molecule has 0 bridgehead atoms. The number of benzene rings is 1. The normalized spacial score (nSPS) is 18.7. The van der Waals surface area contributed by atoms with Gasteiger partial charge in [0, 0.05) is 43.1 Å². The number of nitrogens with zero attached hydrogens (tertiary/aromatic N) is 2. The van der Waals surface area contributed by atoms with Crippen LogP contribution in [0.5, 0.6) is 0 Å². The number of rotatable bonds is 6. The molecule has 2 rings (SSSR count). The molecule has 1 heterocycles. The minimum Gasteiger partial charge on any atom is -0.381 e. The van der Waals surface area contributed by atoms with Gasteiger partial charge in [0.15, 0.2) is 5.96 Å². The predicted octanol–water partition coefficient (Wildman–Crippen LogP) is 3.55. The van der Waals surface area contributed by atoms with Crippen LogP contribution in [0.2, 0.25) is 5.02 Å². The van der Waals surface area contributed by atoms with Crippen molar-refractivity contribution in [3.8, 4) is 0 Å². The molecule has 0 saturated carbocycles. The molecule has 5 heteroatoms. The van der Waals surface area contributed by atoms with Gasteiger partial charge in [0.25, 0.3) is 0 Å². The smallest absolute Gasteiger partial charge is 0.193 e. The number of guanidine groups is 1. The third-order valence-corrected chi connectivity index (χ3v) is 4.81. The molecule has 0 aliphatic carbocycles. The lowest BCUT2D eigenvalue weighted by Crippen LogP contribution is -2.42. The summed E-state index contributed by atoms with van der Waals surface area (Å²) >= 11 is 6.37. The fourth-order valence-electron chi connectivity index (χ4n) is 3.04. The second kappa shape index (κ2) is 8.72. The van der Waals surface area contributed by atoms with E-state index in [-0.39, 0.29) is 5.41 Å². The highest BCUT2D eigenvalue weighted by molar-refractivity contribution is 6.31. The lowest BCUT2D eigenvalue weighted by Gasteiger charge is -2.28. The molecule has 1 fully saturated rings. The van der Waals surface area contributed by atoms with Gasteiger partial charge >= 0.3 is 0 Å². The fraction of sp³-hybridized carbons (Fsp3) is 0.632. The number of hydrogen-bond donors (Lipinski definition) is 1. The second-order valence-electron chi connectivity index (χ2n) is 7.14. The zero-order valence-electron chi connectivity index (χ0n) is 15.3. The summed E-state index contributed by atoms with van der Waals surface area (Å²) in [7, 11) is 2.10. The molecule has 1 aliphatic heterocycles. The molecule has 24 heavy (non-hydrogen) atoms. The molecule has 0 aromatic heterocycles. The van der Waals surface area contributed by atoms with Gasteiger partial charge in [-0.15, -0.1) is 0 Å². The summed E-state index contributed by atoms with van der Waals surface area (Å²) in [5.41, 5.74) is 1.02. The van der Waals surface area contributed by atoms with E-state index in [1.54, 1.807) is 0 Å². The number of ether oxygens (including phenoxy) is 1. The quantitative estimate of drug-likeness (QED) is 0.629. The van der Waals surface area contributed by atoms with Crippen molar-refractivity contribution in [3.05, 3.63) is 34.9 Å². The van der Waals surface area contributed by atoms with Crippen LogP contribution in [0, 0.1) is 5.92 Å². The van der Waals surface area contributed by atoms with Crippen LogP contribution in [-0.2, 0) is 10.2 Å². The molecule has 0 radical (unpaired) electrons. The molecule has 1 aromatic rings. The van der Waals surface area contributed by atoms with Gasteiger partial charge in [-0.2, -0.15) is 0 Å². The standard InChI is InChI=1S/C19H30ClN3O/c1-5-21-18(23(4)12-15-10-11-24-13-15)22-14-19(2,3)16-8-6-7-9-17(16)20/h6-9,15H,5,10-14H2,1-4H3,(H,21,22). The molecule has 4 nitrogen and oxygen atoms in total. The van der Waals surface area contributed by atoms with Crippen molar-refractivity contribution in [1.82, 2.24) is 10.2 Å². The van der Waals surface area contributed by atoms with Crippen molar-refractivity contribution in [3.63, 3.8) is 0 Å². The van der Waals surface area contributed by atoms with E-state index in [9.17, 15) is 0 Å². The summed E-state index contributed by atoms with van der Waals surface area (Å²) in [4.78, 5) is 7.09. The number of nitrogens with one attached hydrogen (secondary N) is 1. The van der Waals surface area contributed by atoms with Gasteiger partial charge in [-0.05, 0) is 25.0 Å². The monoisotopic (exact) mass is 351 g/mol. The Morgan fingerprint density at radius 1 is 1.42 bits per heavy atom.